The highest BCUT2D eigenvalue weighted by Gasteiger charge is 2.33. The van der Waals surface area contributed by atoms with Gasteiger partial charge >= 0.3 is 0 Å². The Morgan fingerprint density at radius 3 is 2.67 bits per heavy atom. The van der Waals surface area contributed by atoms with Crippen LogP contribution in [0.25, 0.3) is 0 Å². The quantitative estimate of drug-likeness (QED) is 0.772. The second kappa shape index (κ2) is 9.09. The molecule has 2 amide bonds. The van der Waals surface area contributed by atoms with Gasteiger partial charge in [-0.3, -0.25) is 14.5 Å². The molecule has 1 saturated heterocycles. The maximum Gasteiger partial charge on any atom is 0.237 e. The minimum atomic E-state index is -0.0839. The predicted octanol–water partition coefficient (Wildman–Crippen LogP) is 2.14. The molecule has 1 fully saturated rings. The molecule has 1 aromatic heterocycles. The summed E-state index contributed by atoms with van der Waals surface area (Å²) in [6.07, 6.45) is 3.56. The number of nitrogens with one attached hydrogen (secondary N) is 1. The molecule has 0 saturated carbocycles. The second-order valence-corrected chi connectivity index (χ2v) is 9.27. The van der Waals surface area contributed by atoms with E-state index in [0.29, 0.717) is 25.5 Å². The molecular formula is C25H32N6O2. The monoisotopic (exact) mass is 448 g/mol. The van der Waals surface area contributed by atoms with E-state index < -0.39 is 0 Å². The first-order valence-electron chi connectivity index (χ1n) is 11.9. The number of carbonyl (C=O) groups excluding carboxylic acids is 2. The van der Waals surface area contributed by atoms with Crippen LogP contribution in [0.15, 0.2) is 24.3 Å². The lowest BCUT2D eigenvalue weighted by molar-refractivity contribution is -0.133. The number of anilines is 1. The van der Waals surface area contributed by atoms with Gasteiger partial charge in [0.2, 0.25) is 11.8 Å². The van der Waals surface area contributed by atoms with Crippen LogP contribution in [0.1, 0.15) is 54.0 Å². The van der Waals surface area contributed by atoms with Gasteiger partial charge in [0.1, 0.15) is 5.82 Å². The Hall–Kier alpha value is -3.00. The lowest BCUT2D eigenvalue weighted by atomic mass is 10.00. The fraction of sp³-hybridized carbons (Fsp3) is 0.520. The third-order valence-electron chi connectivity index (χ3n) is 7.20. The molecule has 33 heavy (non-hydrogen) atoms. The van der Waals surface area contributed by atoms with Crippen LogP contribution in [0, 0.1) is 0 Å². The van der Waals surface area contributed by atoms with Crippen molar-refractivity contribution in [1.29, 1.82) is 0 Å². The van der Waals surface area contributed by atoms with Gasteiger partial charge in [0.15, 0.2) is 5.82 Å². The Morgan fingerprint density at radius 2 is 1.88 bits per heavy atom. The van der Waals surface area contributed by atoms with Crippen LogP contribution >= 0.6 is 0 Å². The van der Waals surface area contributed by atoms with E-state index in [1.54, 1.807) is 6.92 Å². The van der Waals surface area contributed by atoms with Crippen LogP contribution in [-0.2, 0) is 35.5 Å². The fourth-order valence-corrected chi connectivity index (χ4v) is 5.41. The average Bonchev–Trinajstić information content (AvgIpc) is 3.33. The number of aromatic nitrogens is 2. The summed E-state index contributed by atoms with van der Waals surface area (Å²) in [5.74, 6) is 1.72. The maximum absolute atomic E-state index is 13.2. The van der Waals surface area contributed by atoms with Crippen molar-refractivity contribution < 1.29 is 9.59 Å². The summed E-state index contributed by atoms with van der Waals surface area (Å²) in [5, 5.41) is 3.22. The van der Waals surface area contributed by atoms with E-state index in [4.69, 9.17) is 9.97 Å². The zero-order chi connectivity index (χ0) is 22.9. The van der Waals surface area contributed by atoms with Gasteiger partial charge in [0, 0.05) is 45.7 Å². The van der Waals surface area contributed by atoms with Crippen molar-refractivity contribution in [3.8, 4) is 0 Å². The van der Waals surface area contributed by atoms with Gasteiger partial charge in [-0.1, -0.05) is 24.3 Å². The molecule has 3 aliphatic heterocycles. The number of hydrogen-bond acceptors (Lipinski definition) is 6. The van der Waals surface area contributed by atoms with Crippen molar-refractivity contribution in [3.05, 3.63) is 52.5 Å². The molecular weight excluding hydrogens is 416 g/mol. The third kappa shape index (κ3) is 4.31. The van der Waals surface area contributed by atoms with Crippen LogP contribution in [0.2, 0.25) is 0 Å². The molecule has 8 heteroatoms. The Morgan fingerprint density at radius 1 is 1.06 bits per heavy atom. The number of carbonyl (C=O) groups is 2. The second-order valence-electron chi connectivity index (χ2n) is 9.27. The molecule has 2 aromatic rings. The first-order chi connectivity index (χ1) is 16.0. The number of hydrogen-bond donors (Lipinski definition) is 1. The molecule has 0 bridgehead atoms. The average molecular weight is 449 g/mol. The zero-order valence-corrected chi connectivity index (χ0v) is 19.5. The van der Waals surface area contributed by atoms with Crippen molar-refractivity contribution >= 4 is 17.6 Å². The lowest BCUT2D eigenvalue weighted by Gasteiger charge is -2.33. The van der Waals surface area contributed by atoms with E-state index >= 15 is 0 Å². The smallest absolute Gasteiger partial charge is 0.237 e. The normalized spacial score (nSPS) is 20.4. The van der Waals surface area contributed by atoms with Crippen molar-refractivity contribution in [2.24, 2.45) is 0 Å². The summed E-state index contributed by atoms with van der Waals surface area (Å²) in [6, 6.07) is 8.42. The number of likely N-dealkylation sites (tertiary alicyclic amines) is 1. The number of rotatable bonds is 4. The van der Waals surface area contributed by atoms with E-state index in [-0.39, 0.29) is 17.9 Å². The Bertz CT molecular complexity index is 1070. The Labute approximate surface area is 195 Å². The van der Waals surface area contributed by atoms with Crippen molar-refractivity contribution in [3.63, 3.8) is 0 Å². The van der Waals surface area contributed by atoms with Crippen molar-refractivity contribution in [2.75, 3.05) is 38.5 Å². The molecule has 3 aliphatic rings. The first-order valence-corrected chi connectivity index (χ1v) is 11.9. The molecule has 1 aromatic carbocycles. The fourth-order valence-electron chi connectivity index (χ4n) is 5.41. The summed E-state index contributed by atoms with van der Waals surface area (Å²) in [7, 11) is 1.87. The molecule has 174 valence electrons. The molecule has 0 unspecified atom stereocenters. The topological polar surface area (TPSA) is 81.7 Å². The highest BCUT2D eigenvalue weighted by molar-refractivity contribution is 5.78. The van der Waals surface area contributed by atoms with Crippen molar-refractivity contribution in [1.82, 2.24) is 24.7 Å². The van der Waals surface area contributed by atoms with Gasteiger partial charge in [-0.25, -0.2) is 9.97 Å². The van der Waals surface area contributed by atoms with Crippen LogP contribution in [0.3, 0.4) is 0 Å². The summed E-state index contributed by atoms with van der Waals surface area (Å²) in [5.41, 5.74) is 4.71. The molecule has 8 nitrogen and oxygen atoms in total. The highest BCUT2D eigenvalue weighted by Crippen LogP contribution is 2.33. The minimum absolute atomic E-state index is 0.0599. The lowest BCUT2D eigenvalue weighted by Crippen LogP contribution is -2.44. The SMILES string of the molecule is CNc1nc([C@@H]2CCCN2C(C)=O)nc2c1CCN(C(=O)CN1CCc3ccccc3C1)C2. The Balaban J connectivity index is 1.31. The van der Waals surface area contributed by atoms with Crippen molar-refractivity contribution in [2.45, 2.75) is 51.7 Å². The van der Waals surface area contributed by atoms with Gasteiger partial charge in [0.25, 0.3) is 0 Å². The van der Waals surface area contributed by atoms with Gasteiger partial charge in [0.05, 0.1) is 24.8 Å². The van der Waals surface area contributed by atoms with E-state index in [2.05, 4.69) is 34.5 Å². The van der Waals surface area contributed by atoms with Crippen LogP contribution < -0.4 is 5.32 Å². The van der Waals surface area contributed by atoms with Crippen LogP contribution in [0.4, 0.5) is 5.82 Å². The van der Waals surface area contributed by atoms with E-state index in [1.807, 2.05) is 16.8 Å². The summed E-state index contributed by atoms with van der Waals surface area (Å²) < 4.78 is 0. The Kier molecular flexibility index (Phi) is 6.01. The molecule has 1 atom stereocenters. The molecule has 5 rings (SSSR count). The molecule has 4 heterocycles. The summed E-state index contributed by atoms with van der Waals surface area (Å²) in [6.45, 7) is 5.69. The molecule has 0 aliphatic carbocycles. The summed E-state index contributed by atoms with van der Waals surface area (Å²) >= 11 is 0. The summed E-state index contributed by atoms with van der Waals surface area (Å²) in [4.78, 5) is 41.0. The van der Waals surface area contributed by atoms with Gasteiger partial charge in [-0.05, 0) is 36.8 Å². The highest BCUT2D eigenvalue weighted by atomic mass is 16.2. The number of benzene rings is 1. The van der Waals surface area contributed by atoms with E-state index in [1.165, 1.54) is 11.1 Å². The molecule has 1 N–H and O–H groups in total. The minimum Gasteiger partial charge on any atom is -0.373 e. The standard InChI is InChI=1S/C25H32N6O2/c1-17(32)31-11-5-8-22(31)25-27-21-15-30(13-10-20(21)24(26-2)28-25)23(33)16-29-12-9-18-6-3-4-7-19(18)14-29/h3-4,6-7,22H,5,8-16H2,1-2H3,(H,26,27,28)/t22-/m0/s1. The number of amides is 2. The maximum atomic E-state index is 13.2. The first kappa shape index (κ1) is 21.8. The van der Waals surface area contributed by atoms with E-state index in [0.717, 1.165) is 62.4 Å². The van der Waals surface area contributed by atoms with Gasteiger partial charge in [-0.15, -0.1) is 0 Å². The largest absolute Gasteiger partial charge is 0.373 e. The molecule has 0 spiro atoms. The number of fused-ring (bicyclic) bond motifs is 2. The zero-order valence-electron chi connectivity index (χ0n) is 19.5. The predicted molar refractivity (Wildman–Crippen MR) is 125 cm³/mol. The number of nitrogens with zero attached hydrogens (tertiary/aromatic N) is 5. The molecule has 0 radical (unpaired) electrons. The van der Waals surface area contributed by atoms with Crippen LogP contribution in [-0.4, -0.2) is 69.7 Å². The van der Waals surface area contributed by atoms with Crippen LogP contribution in [0.5, 0.6) is 0 Å². The van der Waals surface area contributed by atoms with Gasteiger partial charge in [-0.2, -0.15) is 0 Å². The van der Waals surface area contributed by atoms with E-state index in [9.17, 15) is 9.59 Å². The van der Waals surface area contributed by atoms with Gasteiger partial charge < -0.3 is 15.1 Å². The third-order valence-corrected chi connectivity index (χ3v) is 7.20.